The molecule has 0 aromatic heterocycles. The van der Waals surface area contributed by atoms with Gasteiger partial charge >= 0.3 is 0 Å². The normalized spacial score (nSPS) is 18.1. The molecule has 1 atom stereocenters. The molecule has 18 heavy (non-hydrogen) atoms. The van der Waals surface area contributed by atoms with Gasteiger partial charge in [-0.25, -0.2) is 0 Å². The molecular weight excluding hydrogens is 220 g/mol. The quantitative estimate of drug-likeness (QED) is 0.475. The summed E-state index contributed by atoms with van der Waals surface area (Å²) >= 11 is 0. The summed E-state index contributed by atoms with van der Waals surface area (Å²) in [6.45, 7) is 2.23. The van der Waals surface area contributed by atoms with Crippen molar-refractivity contribution in [3.8, 4) is 0 Å². The Hall–Kier alpha value is -0.520. The van der Waals surface area contributed by atoms with Crippen LogP contribution in [0.3, 0.4) is 0 Å². The molecule has 1 fully saturated rings. The minimum Gasteiger partial charge on any atom is -0.388 e. The monoisotopic (exact) mass is 250 g/mol. The topological polar surface area (TPSA) is 20.2 Å². The van der Waals surface area contributed by atoms with Crippen LogP contribution in [-0.2, 0) is 0 Å². The zero-order valence-electron chi connectivity index (χ0n) is 12.0. The first-order valence-corrected chi connectivity index (χ1v) is 7.93. The lowest BCUT2D eigenvalue weighted by Gasteiger charge is -2.16. The summed E-state index contributed by atoms with van der Waals surface area (Å²) in [6, 6.07) is 0. The summed E-state index contributed by atoms with van der Waals surface area (Å²) in [6.07, 6.45) is 17.7. The molecular formula is C17H30O. The van der Waals surface area contributed by atoms with Gasteiger partial charge < -0.3 is 5.11 Å². The van der Waals surface area contributed by atoms with E-state index >= 15 is 0 Å². The predicted octanol–water partition coefficient (Wildman–Crippen LogP) is 5.00. The van der Waals surface area contributed by atoms with Crippen molar-refractivity contribution in [1.29, 1.82) is 0 Å². The van der Waals surface area contributed by atoms with Crippen LogP contribution in [0.2, 0.25) is 0 Å². The molecule has 0 aliphatic heterocycles. The highest BCUT2D eigenvalue weighted by Crippen LogP contribution is 2.24. The van der Waals surface area contributed by atoms with Gasteiger partial charge in [-0.1, -0.05) is 58.3 Å². The van der Waals surface area contributed by atoms with E-state index < -0.39 is 0 Å². The zero-order valence-corrected chi connectivity index (χ0v) is 12.0. The molecule has 1 saturated carbocycles. The maximum absolute atomic E-state index is 9.80. The number of unbranched alkanes of at least 4 members (excludes halogenated alkanes) is 4. The van der Waals surface area contributed by atoms with E-state index in [4.69, 9.17) is 0 Å². The number of hydrogen-bond acceptors (Lipinski definition) is 1. The minimum absolute atomic E-state index is 0.286. The van der Waals surface area contributed by atoms with Crippen molar-refractivity contribution in [3.63, 3.8) is 0 Å². The van der Waals surface area contributed by atoms with E-state index in [-0.39, 0.29) is 6.10 Å². The van der Waals surface area contributed by atoms with Crippen molar-refractivity contribution in [2.24, 2.45) is 5.92 Å². The van der Waals surface area contributed by atoms with Gasteiger partial charge in [-0.2, -0.15) is 0 Å². The van der Waals surface area contributed by atoms with Crippen LogP contribution in [0.5, 0.6) is 0 Å². The second-order valence-electron chi connectivity index (χ2n) is 5.67. The molecule has 0 unspecified atom stereocenters. The summed E-state index contributed by atoms with van der Waals surface area (Å²) in [5.41, 5.74) is 3.21. The van der Waals surface area contributed by atoms with Gasteiger partial charge in [-0.15, -0.1) is 5.73 Å². The maximum atomic E-state index is 9.80. The molecule has 1 aliphatic rings. The molecule has 0 aromatic carbocycles. The van der Waals surface area contributed by atoms with E-state index in [2.05, 4.69) is 18.7 Å². The fourth-order valence-corrected chi connectivity index (χ4v) is 2.64. The first-order valence-electron chi connectivity index (χ1n) is 7.93. The average molecular weight is 250 g/mol. The molecule has 1 nitrogen and oxygen atoms in total. The lowest BCUT2D eigenvalue weighted by molar-refractivity contribution is 0.208. The third-order valence-electron chi connectivity index (χ3n) is 3.87. The average Bonchev–Trinajstić information content (AvgIpc) is 2.40. The Morgan fingerprint density at radius 3 is 2.56 bits per heavy atom. The first-order chi connectivity index (χ1) is 8.83. The molecule has 0 saturated heterocycles. The molecule has 0 heterocycles. The lowest BCUT2D eigenvalue weighted by atomic mass is 9.89. The first kappa shape index (κ1) is 15.5. The largest absolute Gasteiger partial charge is 0.388 e. The number of aliphatic hydroxyl groups is 1. The van der Waals surface area contributed by atoms with Gasteiger partial charge in [0.15, 0.2) is 0 Å². The van der Waals surface area contributed by atoms with E-state index in [9.17, 15) is 5.11 Å². The summed E-state index contributed by atoms with van der Waals surface area (Å²) in [5.74, 6) is 0.715. The molecule has 1 rings (SSSR count). The van der Waals surface area contributed by atoms with Crippen molar-refractivity contribution in [2.75, 3.05) is 0 Å². The Kier molecular flexibility index (Phi) is 8.98. The third kappa shape index (κ3) is 7.74. The Morgan fingerprint density at radius 1 is 1.11 bits per heavy atom. The number of rotatable bonds is 8. The molecule has 0 aromatic rings. The van der Waals surface area contributed by atoms with Crippen molar-refractivity contribution in [3.05, 3.63) is 17.9 Å². The van der Waals surface area contributed by atoms with Crippen molar-refractivity contribution < 1.29 is 5.11 Å². The Bertz CT molecular complexity index is 244. The summed E-state index contributed by atoms with van der Waals surface area (Å²) in [5, 5.41) is 9.80. The Balaban J connectivity index is 2.09. The molecule has 1 N–H and O–H groups in total. The van der Waals surface area contributed by atoms with Gasteiger partial charge in [0, 0.05) is 0 Å². The van der Waals surface area contributed by atoms with Gasteiger partial charge in [0.05, 0.1) is 6.10 Å². The van der Waals surface area contributed by atoms with Crippen molar-refractivity contribution >= 4 is 0 Å². The molecule has 0 bridgehead atoms. The standard InChI is InChI=1S/C17H30O/c1-2-3-4-5-9-14-17(18)15-10-13-16-11-7-6-8-12-16/h13,15-18H,2-9,11-12,14H2,1H3/t10?,17-/m0/s1. The second kappa shape index (κ2) is 10.4. The molecule has 0 spiro atoms. The second-order valence-corrected chi connectivity index (χ2v) is 5.67. The SMILES string of the molecule is CCCCCCC[C@H](O)C=C=CC1CCCCC1. The summed E-state index contributed by atoms with van der Waals surface area (Å²) in [7, 11) is 0. The van der Waals surface area contributed by atoms with Crippen LogP contribution < -0.4 is 0 Å². The van der Waals surface area contributed by atoms with Gasteiger partial charge in [-0.3, -0.25) is 0 Å². The molecule has 1 heteroatoms. The highest BCUT2D eigenvalue weighted by Gasteiger charge is 2.09. The van der Waals surface area contributed by atoms with Crippen LogP contribution in [0.25, 0.3) is 0 Å². The zero-order chi connectivity index (χ0) is 13.1. The van der Waals surface area contributed by atoms with E-state index in [0.717, 1.165) is 12.8 Å². The van der Waals surface area contributed by atoms with Gasteiger partial charge in [0.2, 0.25) is 0 Å². The van der Waals surface area contributed by atoms with E-state index in [1.807, 2.05) is 6.08 Å². The third-order valence-corrected chi connectivity index (χ3v) is 3.87. The van der Waals surface area contributed by atoms with E-state index in [1.54, 1.807) is 0 Å². The summed E-state index contributed by atoms with van der Waals surface area (Å²) in [4.78, 5) is 0. The van der Waals surface area contributed by atoms with Crippen LogP contribution in [0.4, 0.5) is 0 Å². The van der Waals surface area contributed by atoms with Crippen LogP contribution in [-0.4, -0.2) is 11.2 Å². The van der Waals surface area contributed by atoms with Gasteiger partial charge in [0.1, 0.15) is 0 Å². The van der Waals surface area contributed by atoms with Crippen LogP contribution in [0.1, 0.15) is 77.6 Å². The van der Waals surface area contributed by atoms with Gasteiger partial charge in [0.25, 0.3) is 0 Å². The van der Waals surface area contributed by atoms with Crippen molar-refractivity contribution in [2.45, 2.75) is 83.7 Å². The minimum atomic E-state index is -0.286. The summed E-state index contributed by atoms with van der Waals surface area (Å²) < 4.78 is 0. The molecule has 0 amide bonds. The highest BCUT2D eigenvalue weighted by molar-refractivity contribution is 4.94. The molecule has 104 valence electrons. The highest BCUT2D eigenvalue weighted by atomic mass is 16.3. The smallest absolute Gasteiger partial charge is 0.0794 e. The fraction of sp³-hybridized carbons (Fsp3) is 0.824. The van der Waals surface area contributed by atoms with E-state index in [0.29, 0.717) is 5.92 Å². The number of aliphatic hydroxyl groups excluding tert-OH is 1. The number of hydrogen-bond donors (Lipinski definition) is 1. The predicted molar refractivity (Wildman–Crippen MR) is 78.6 cm³/mol. The van der Waals surface area contributed by atoms with Crippen molar-refractivity contribution in [1.82, 2.24) is 0 Å². The van der Waals surface area contributed by atoms with Crippen LogP contribution in [0.15, 0.2) is 17.9 Å². The van der Waals surface area contributed by atoms with E-state index in [1.165, 1.54) is 57.8 Å². The lowest BCUT2D eigenvalue weighted by Crippen LogP contribution is -2.03. The molecule has 0 radical (unpaired) electrons. The van der Waals surface area contributed by atoms with Crippen LogP contribution in [0, 0.1) is 5.92 Å². The molecule has 1 aliphatic carbocycles. The Morgan fingerprint density at radius 2 is 1.83 bits per heavy atom. The maximum Gasteiger partial charge on any atom is 0.0794 e. The van der Waals surface area contributed by atoms with Crippen LogP contribution >= 0.6 is 0 Å². The Labute approximate surface area is 113 Å². The van der Waals surface area contributed by atoms with Gasteiger partial charge in [-0.05, 0) is 37.3 Å². The fourth-order valence-electron chi connectivity index (χ4n) is 2.64.